The van der Waals surface area contributed by atoms with E-state index >= 15 is 0 Å². The van der Waals surface area contributed by atoms with Gasteiger partial charge in [0.15, 0.2) is 0 Å². The van der Waals surface area contributed by atoms with Gasteiger partial charge in [0.25, 0.3) is 0 Å². The number of alkyl halides is 3. The first-order valence-corrected chi connectivity index (χ1v) is 18.1. The number of piperidine rings is 1. The van der Waals surface area contributed by atoms with E-state index < -0.39 is 27.6 Å². The van der Waals surface area contributed by atoms with Crippen molar-refractivity contribution in [3.63, 3.8) is 0 Å². The van der Waals surface area contributed by atoms with Gasteiger partial charge in [0, 0.05) is 82.7 Å². The molecule has 2 aliphatic rings. The molecule has 0 amide bonds. The van der Waals surface area contributed by atoms with Crippen LogP contribution in [0.3, 0.4) is 0 Å². The second kappa shape index (κ2) is 14.0. The van der Waals surface area contributed by atoms with Gasteiger partial charge in [-0.1, -0.05) is 0 Å². The molecule has 2 fully saturated rings. The highest BCUT2D eigenvalue weighted by molar-refractivity contribution is 7.92. The summed E-state index contributed by atoms with van der Waals surface area (Å²) in [5.41, 5.74) is 1.89. The van der Waals surface area contributed by atoms with Gasteiger partial charge in [-0.2, -0.15) is 18.2 Å². The highest BCUT2D eigenvalue weighted by Crippen LogP contribution is 2.41. The van der Waals surface area contributed by atoms with E-state index in [-0.39, 0.29) is 22.8 Å². The van der Waals surface area contributed by atoms with Gasteiger partial charge in [0.05, 0.1) is 30.3 Å². The zero-order valence-corrected chi connectivity index (χ0v) is 29.4. The maximum absolute atomic E-state index is 14.3. The maximum Gasteiger partial charge on any atom is 0.421 e. The molecule has 13 nitrogen and oxygen atoms in total. The Hall–Kier alpha value is -4.48. The first-order chi connectivity index (χ1) is 23.7. The predicted octanol–water partition coefficient (Wildman–Crippen LogP) is 4.85. The second-order valence-corrected chi connectivity index (χ2v) is 14.7. The molecule has 0 aliphatic carbocycles. The molecule has 0 saturated carbocycles. The average Bonchev–Trinajstić information content (AvgIpc) is 3.08. The Bertz CT molecular complexity index is 1960. The van der Waals surface area contributed by atoms with E-state index in [1.807, 2.05) is 19.1 Å². The van der Waals surface area contributed by atoms with E-state index in [1.165, 1.54) is 38.7 Å². The number of hydrogen-bond donors (Lipinski definition) is 2. The first-order valence-electron chi connectivity index (χ1n) is 16.2. The van der Waals surface area contributed by atoms with Gasteiger partial charge in [0.1, 0.15) is 28.3 Å². The number of anilines is 6. The minimum atomic E-state index is -4.83. The molecule has 2 aliphatic heterocycles. The fourth-order valence-electron chi connectivity index (χ4n) is 6.54. The van der Waals surface area contributed by atoms with Crippen molar-refractivity contribution in [2.45, 2.75) is 32.0 Å². The molecule has 2 N–H and O–H groups in total. The zero-order chi connectivity index (χ0) is 35.8. The molecule has 0 unspecified atom stereocenters. The number of rotatable bonds is 9. The SMILES string of the molecule is COc1cc(N2CCC(N3CCN(C)CC3)CC2)c(C)cc1Nc1ncc(C(F)(F)F)c(Nc2ccc3nccnc3c2N(C)S(C)(=O)=O)n1. The van der Waals surface area contributed by atoms with Crippen LogP contribution in [0, 0.1) is 6.92 Å². The van der Waals surface area contributed by atoms with Crippen LogP contribution in [0.4, 0.5) is 47.7 Å². The van der Waals surface area contributed by atoms with E-state index in [0.29, 0.717) is 29.2 Å². The number of ether oxygens (including phenoxy) is 1. The molecule has 6 rings (SSSR count). The number of nitrogens with zero attached hydrogens (tertiary/aromatic N) is 8. The Kier molecular flexibility index (Phi) is 9.92. The van der Waals surface area contributed by atoms with Crippen molar-refractivity contribution in [1.29, 1.82) is 0 Å². The molecule has 17 heteroatoms. The molecule has 2 saturated heterocycles. The van der Waals surface area contributed by atoms with E-state index in [9.17, 15) is 21.6 Å². The van der Waals surface area contributed by atoms with Crippen LogP contribution in [0.5, 0.6) is 5.75 Å². The first kappa shape index (κ1) is 35.3. The molecule has 4 heterocycles. The molecule has 0 bridgehead atoms. The van der Waals surface area contributed by atoms with Gasteiger partial charge in [-0.15, -0.1) is 0 Å². The molecule has 4 aromatic rings. The number of aromatic nitrogens is 4. The van der Waals surface area contributed by atoms with Crippen LogP contribution in [0.1, 0.15) is 24.0 Å². The summed E-state index contributed by atoms with van der Waals surface area (Å²) in [6.07, 6.45) is 1.76. The highest BCUT2D eigenvalue weighted by atomic mass is 32.2. The quantitative estimate of drug-likeness (QED) is 0.246. The van der Waals surface area contributed by atoms with Crippen molar-refractivity contribution >= 4 is 55.6 Å². The maximum atomic E-state index is 14.3. The van der Waals surface area contributed by atoms with Crippen molar-refractivity contribution in [3.8, 4) is 5.75 Å². The lowest BCUT2D eigenvalue weighted by Crippen LogP contribution is -2.52. The summed E-state index contributed by atoms with van der Waals surface area (Å²) in [5.74, 6) is -0.232. The predicted molar refractivity (Wildman–Crippen MR) is 188 cm³/mol. The minimum Gasteiger partial charge on any atom is -0.494 e. The van der Waals surface area contributed by atoms with Crippen LogP contribution < -0.4 is 24.6 Å². The van der Waals surface area contributed by atoms with Crippen molar-refractivity contribution in [2.75, 3.05) is 86.6 Å². The number of hydrogen-bond acceptors (Lipinski definition) is 12. The molecule has 2 aromatic carbocycles. The average molecular weight is 715 g/mol. The van der Waals surface area contributed by atoms with Crippen LogP contribution in [-0.4, -0.2) is 111 Å². The molecule has 0 atom stereocenters. The van der Waals surface area contributed by atoms with Crippen molar-refractivity contribution < 1.29 is 26.3 Å². The van der Waals surface area contributed by atoms with Gasteiger partial charge >= 0.3 is 6.18 Å². The molecular formula is C33H41F3N10O3S. The fourth-order valence-corrected chi connectivity index (χ4v) is 7.06. The molecule has 268 valence electrons. The van der Waals surface area contributed by atoms with Crippen LogP contribution in [0.25, 0.3) is 11.0 Å². The third kappa shape index (κ3) is 7.49. The third-order valence-electron chi connectivity index (χ3n) is 9.40. The summed E-state index contributed by atoms with van der Waals surface area (Å²) in [6.45, 7) is 8.15. The van der Waals surface area contributed by atoms with Crippen LogP contribution in [0.15, 0.2) is 42.9 Å². The monoisotopic (exact) mass is 714 g/mol. The van der Waals surface area contributed by atoms with Gasteiger partial charge in [-0.3, -0.25) is 19.2 Å². The van der Waals surface area contributed by atoms with Gasteiger partial charge in [-0.25, -0.2) is 13.4 Å². The van der Waals surface area contributed by atoms with E-state index in [1.54, 1.807) is 0 Å². The molecule has 50 heavy (non-hydrogen) atoms. The van der Waals surface area contributed by atoms with E-state index in [2.05, 4.69) is 52.3 Å². The van der Waals surface area contributed by atoms with Crippen molar-refractivity contribution in [3.05, 3.63) is 54.0 Å². The van der Waals surface area contributed by atoms with Crippen molar-refractivity contribution in [2.24, 2.45) is 0 Å². The van der Waals surface area contributed by atoms with Crippen LogP contribution in [0.2, 0.25) is 0 Å². The minimum absolute atomic E-state index is 0.0137. The third-order valence-corrected chi connectivity index (χ3v) is 10.6. The number of nitrogens with one attached hydrogen (secondary N) is 2. The lowest BCUT2D eigenvalue weighted by molar-refractivity contribution is -0.137. The normalized spacial score (nSPS) is 16.8. The summed E-state index contributed by atoms with van der Waals surface area (Å²) in [7, 11) is 1.13. The number of sulfonamides is 1. The zero-order valence-electron chi connectivity index (χ0n) is 28.6. The number of methoxy groups -OCH3 is 1. The van der Waals surface area contributed by atoms with Crippen LogP contribution >= 0.6 is 0 Å². The number of fused-ring (bicyclic) bond motifs is 1. The van der Waals surface area contributed by atoms with E-state index in [4.69, 9.17) is 4.74 Å². The van der Waals surface area contributed by atoms with Gasteiger partial charge in [-0.05, 0) is 50.6 Å². The summed E-state index contributed by atoms with van der Waals surface area (Å²) in [6, 6.07) is 7.33. The smallest absolute Gasteiger partial charge is 0.421 e. The number of piperazine rings is 1. The summed E-state index contributed by atoms with van der Waals surface area (Å²) in [5, 5.41) is 5.74. The summed E-state index contributed by atoms with van der Waals surface area (Å²) < 4.78 is 74.6. The number of halogens is 3. The Morgan fingerprint density at radius 3 is 2.32 bits per heavy atom. The Labute approximate surface area is 289 Å². The molecule has 2 aromatic heterocycles. The Morgan fingerprint density at radius 2 is 1.66 bits per heavy atom. The fraction of sp³-hybridized carbons (Fsp3) is 0.455. The molecule has 0 spiro atoms. The largest absolute Gasteiger partial charge is 0.494 e. The molecule has 0 radical (unpaired) electrons. The Balaban J connectivity index is 1.28. The number of benzene rings is 2. The number of likely N-dealkylation sites (N-methyl/N-ethyl adjacent to an activating group) is 1. The standard InChI is InChI=1S/C33H41F3N10O3S/c1-21-18-26(28(49-4)19-27(21)46-12-8-22(9-13-46)45-16-14-43(2)15-17-45)41-32-39-20-23(33(34,35)36)31(42-32)40-25-7-6-24-29(38-11-10-37-24)30(25)44(3)50(5,47)48/h6-7,10-11,18-20,22H,8-9,12-17H2,1-5H3,(H2,39,40,41,42). The second-order valence-electron chi connectivity index (χ2n) is 12.7. The highest BCUT2D eigenvalue weighted by Gasteiger charge is 2.36. The summed E-state index contributed by atoms with van der Waals surface area (Å²) in [4.78, 5) is 24.0. The van der Waals surface area contributed by atoms with Crippen LogP contribution in [-0.2, 0) is 16.2 Å². The van der Waals surface area contributed by atoms with E-state index in [0.717, 1.165) is 73.9 Å². The topological polar surface area (TPSA) is 132 Å². The lowest BCUT2D eigenvalue weighted by Gasteiger charge is -2.43. The van der Waals surface area contributed by atoms with Gasteiger partial charge < -0.3 is 25.2 Å². The lowest BCUT2D eigenvalue weighted by atomic mass is 10.0. The van der Waals surface area contributed by atoms with Gasteiger partial charge in [0.2, 0.25) is 16.0 Å². The van der Waals surface area contributed by atoms with Crippen molar-refractivity contribution in [1.82, 2.24) is 29.7 Å². The number of aryl methyl sites for hydroxylation is 1. The summed E-state index contributed by atoms with van der Waals surface area (Å²) >= 11 is 0. The molecular weight excluding hydrogens is 673 g/mol. The Morgan fingerprint density at radius 1 is 0.960 bits per heavy atom.